The third-order valence-electron chi connectivity index (χ3n) is 3.64. The van der Waals surface area contributed by atoms with Crippen LogP contribution in [0.3, 0.4) is 0 Å². The molecule has 2 rings (SSSR count). The SMILES string of the molecule is CN1CCCC1COc1ccc(C(F)(F)F)cc1C(=O)O. The summed E-state index contributed by atoms with van der Waals surface area (Å²) in [7, 11) is 1.94. The molecule has 0 radical (unpaired) electrons. The Morgan fingerprint density at radius 1 is 1.48 bits per heavy atom. The zero-order valence-corrected chi connectivity index (χ0v) is 11.5. The Hall–Kier alpha value is -1.76. The van der Waals surface area contributed by atoms with Crippen LogP contribution in [0.25, 0.3) is 0 Å². The molecule has 1 saturated heterocycles. The molecule has 1 aliphatic rings. The van der Waals surface area contributed by atoms with E-state index >= 15 is 0 Å². The smallest absolute Gasteiger partial charge is 0.416 e. The van der Waals surface area contributed by atoms with Gasteiger partial charge in [-0.25, -0.2) is 4.79 Å². The first kappa shape index (κ1) is 15.6. The molecular weight excluding hydrogens is 287 g/mol. The Morgan fingerprint density at radius 2 is 2.19 bits per heavy atom. The van der Waals surface area contributed by atoms with Gasteiger partial charge in [0.15, 0.2) is 0 Å². The minimum atomic E-state index is -4.57. The van der Waals surface area contributed by atoms with Crippen LogP contribution >= 0.6 is 0 Å². The number of ether oxygens (including phenoxy) is 1. The molecule has 1 heterocycles. The van der Waals surface area contributed by atoms with Gasteiger partial charge < -0.3 is 14.7 Å². The Kier molecular flexibility index (Phi) is 4.41. The fourth-order valence-electron chi connectivity index (χ4n) is 2.38. The summed E-state index contributed by atoms with van der Waals surface area (Å²) in [6, 6.07) is 2.67. The lowest BCUT2D eigenvalue weighted by Gasteiger charge is -2.20. The Balaban J connectivity index is 2.17. The molecular formula is C14H16F3NO3. The van der Waals surface area contributed by atoms with E-state index in [9.17, 15) is 18.0 Å². The number of carboxylic acids is 1. The fourth-order valence-corrected chi connectivity index (χ4v) is 2.38. The zero-order valence-electron chi connectivity index (χ0n) is 11.5. The van der Waals surface area contributed by atoms with Crippen LogP contribution in [0, 0.1) is 0 Å². The maximum atomic E-state index is 12.6. The summed E-state index contributed by atoms with van der Waals surface area (Å²) in [5.41, 5.74) is -1.46. The number of likely N-dealkylation sites (N-methyl/N-ethyl adjacent to an activating group) is 1. The van der Waals surface area contributed by atoms with E-state index < -0.39 is 23.3 Å². The van der Waals surface area contributed by atoms with E-state index in [2.05, 4.69) is 4.90 Å². The number of aromatic carboxylic acids is 1. The third-order valence-corrected chi connectivity index (χ3v) is 3.64. The first-order valence-electron chi connectivity index (χ1n) is 6.56. The lowest BCUT2D eigenvalue weighted by Crippen LogP contribution is -2.30. The molecule has 21 heavy (non-hydrogen) atoms. The molecule has 1 atom stereocenters. The van der Waals surface area contributed by atoms with Gasteiger partial charge in [0.25, 0.3) is 0 Å². The van der Waals surface area contributed by atoms with Crippen LogP contribution in [-0.4, -0.2) is 42.2 Å². The summed E-state index contributed by atoms with van der Waals surface area (Å²) >= 11 is 0. The van der Waals surface area contributed by atoms with Gasteiger partial charge in [0.05, 0.1) is 5.56 Å². The van der Waals surface area contributed by atoms with Gasteiger partial charge in [-0.3, -0.25) is 0 Å². The van der Waals surface area contributed by atoms with Crippen LogP contribution in [0.2, 0.25) is 0 Å². The number of nitrogens with zero attached hydrogens (tertiary/aromatic N) is 1. The number of likely N-dealkylation sites (tertiary alicyclic amines) is 1. The van der Waals surface area contributed by atoms with E-state index in [-0.39, 0.29) is 18.4 Å². The molecule has 1 fully saturated rings. The molecule has 0 bridgehead atoms. The average molecular weight is 303 g/mol. The zero-order chi connectivity index (χ0) is 15.6. The number of rotatable bonds is 4. The molecule has 0 aromatic heterocycles. The van der Waals surface area contributed by atoms with E-state index in [1.807, 2.05) is 7.05 Å². The number of hydrogen-bond donors (Lipinski definition) is 1. The van der Waals surface area contributed by atoms with Crippen molar-refractivity contribution in [1.29, 1.82) is 0 Å². The number of hydrogen-bond acceptors (Lipinski definition) is 3. The van der Waals surface area contributed by atoms with Crippen molar-refractivity contribution >= 4 is 5.97 Å². The normalized spacial score (nSPS) is 19.7. The van der Waals surface area contributed by atoms with Crippen molar-refractivity contribution in [3.05, 3.63) is 29.3 Å². The van der Waals surface area contributed by atoms with E-state index in [4.69, 9.17) is 9.84 Å². The minimum Gasteiger partial charge on any atom is -0.491 e. The summed E-state index contributed by atoms with van der Waals surface area (Å²) in [6.45, 7) is 1.20. The van der Waals surface area contributed by atoms with Crippen molar-refractivity contribution in [2.45, 2.75) is 25.1 Å². The molecule has 1 unspecified atom stereocenters. The van der Waals surface area contributed by atoms with Gasteiger partial charge in [-0.15, -0.1) is 0 Å². The Labute approximate surface area is 120 Å². The van der Waals surface area contributed by atoms with Crippen LogP contribution in [0.4, 0.5) is 13.2 Å². The molecule has 4 nitrogen and oxygen atoms in total. The molecule has 0 aliphatic carbocycles. The summed E-state index contributed by atoms with van der Waals surface area (Å²) in [5, 5.41) is 9.04. The fraction of sp³-hybridized carbons (Fsp3) is 0.500. The lowest BCUT2D eigenvalue weighted by atomic mass is 10.1. The van der Waals surface area contributed by atoms with Crippen molar-refractivity contribution in [2.24, 2.45) is 0 Å². The molecule has 0 spiro atoms. The number of halogens is 3. The second-order valence-electron chi connectivity index (χ2n) is 5.10. The van der Waals surface area contributed by atoms with Crippen molar-refractivity contribution in [1.82, 2.24) is 4.90 Å². The number of benzene rings is 1. The predicted octanol–water partition coefficient (Wildman–Crippen LogP) is 2.88. The first-order valence-corrected chi connectivity index (χ1v) is 6.56. The first-order chi connectivity index (χ1) is 9.79. The van der Waals surface area contributed by atoms with Gasteiger partial charge in [0, 0.05) is 6.04 Å². The van der Waals surface area contributed by atoms with Crippen molar-refractivity contribution in [2.75, 3.05) is 20.2 Å². The maximum absolute atomic E-state index is 12.6. The van der Waals surface area contributed by atoms with Crippen LogP contribution in [-0.2, 0) is 6.18 Å². The van der Waals surface area contributed by atoms with E-state index in [1.165, 1.54) is 0 Å². The Morgan fingerprint density at radius 3 is 2.71 bits per heavy atom. The quantitative estimate of drug-likeness (QED) is 0.929. The molecule has 116 valence electrons. The highest BCUT2D eigenvalue weighted by Crippen LogP contribution is 2.32. The largest absolute Gasteiger partial charge is 0.491 e. The van der Waals surface area contributed by atoms with E-state index in [1.54, 1.807) is 0 Å². The van der Waals surface area contributed by atoms with Crippen LogP contribution < -0.4 is 4.74 Å². The van der Waals surface area contributed by atoms with Gasteiger partial charge in [-0.1, -0.05) is 0 Å². The Bertz CT molecular complexity index is 531. The van der Waals surface area contributed by atoms with Crippen molar-refractivity contribution in [3.63, 3.8) is 0 Å². The lowest BCUT2D eigenvalue weighted by molar-refractivity contribution is -0.137. The molecule has 1 aliphatic heterocycles. The number of carbonyl (C=O) groups is 1. The molecule has 0 amide bonds. The van der Waals surface area contributed by atoms with Gasteiger partial charge in [0.2, 0.25) is 0 Å². The molecule has 1 aromatic rings. The molecule has 1 aromatic carbocycles. The van der Waals surface area contributed by atoms with Crippen molar-refractivity contribution < 1.29 is 27.8 Å². The second kappa shape index (κ2) is 5.93. The van der Waals surface area contributed by atoms with E-state index in [0.717, 1.165) is 31.5 Å². The highest BCUT2D eigenvalue weighted by Gasteiger charge is 2.32. The summed E-state index contributed by atoms with van der Waals surface area (Å²) < 4.78 is 43.2. The maximum Gasteiger partial charge on any atom is 0.416 e. The number of carboxylic acid groups (broad SMARTS) is 1. The van der Waals surface area contributed by atoms with Crippen LogP contribution in [0.15, 0.2) is 18.2 Å². The average Bonchev–Trinajstić information content (AvgIpc) is 2.80. The topological polar surface area (TPSA) is 49.8 Å². The highest BCUT2D eigenvalue weighted by molar-refractivity contribution is 5.91. The molecule has 1 N–H and O–H groups in total. The van der Waals surface area contributed by atoms with Crippen LogP contribution in [0.5, 0.6) is 5.75 Å². The van der Waals surface area contributed by atoms with Gasteiger partial charge in [-0.2, -0.15) is 13.2 Å². The predicted molar refractivity (Wildman–Crippen MR) is 69.6 cm³/mol. The molecule has 0 saturated carbocycles. The van der Waals surface area contributed by atoms with E-state index in [0.29, 0.717) is 6.07 Å². The summed E-state index contributed by atoms with van der Waals surface area (Å²) in [4.78, 5) is 13.2. The monoisotopic (exact) mass is 303 g/mol. The molecule has 7 heteroatoms. The standard InChI is InChI=1S/C14H16F3NO3/c1-18-6-2-3-10(18)8-21-12-5-4-9(14(15,16)17)7-11(12)13(19)20/h4-5,7,10H,2-3,6,8H2,1H3,(H,19,20). The summed E-state index contributed by atoms with van der Waals surface area (Å²) in [6.07, 6.45) is -2.61. The van der Waals surface area contributed by atoms with Crippen LogP contribution in [0.1, 0.15) is 28.8 Å². The number of alkyl halides is 3. The second-order valence-corrected chi connectivity index (χ2v) is 5.10. The summed E-state index contributed by atoms with van der Waals surface area (Å²) in [5.74, 6) is -1.47. The van der Waals surface area contributed by atoms with Crippen molar-refractivity contribution in [3.8, 4) is 5.75 Å². The van der Waals surface area contributed by atoms with Gasteiger partial charge in [-0.05, 0) is 44.6 Å². The third kappa shape index (κ3) is 3.66. The minimum absolute atomic E-state index is 0.0317. The van der Waals surface area contributed by atoms with Gasteiger partial charge in [0.1, 0.15) is 17.9 Å². The highest BCUT2D eigenvalue weighted by atomic mass is 19.4. The van der Waals surface area contributed by atoms with Gasteiger partial charge >= 0.3 is 12.1 Å².